The molecule has 4 aromatic rings. The number of nitrogens with one attached hydrogen (secondary N) is 1. The third-order valence-electron chi connectivity index (χ3n) is 5.58. The van der Waals surface area contributed by atoms with Crippen molar-refractivity contribution in [3.8, 4) is 11.3 Å². The molecule has 1 N–H and O–H groups in total. The molecule has 3 heterocycles. The summed E-state index contributed by atoms with van der Waals surface area (Å²) in [4.78, 5) is 21.1. The minimum Gasteiger partial charge on any atom is -0.464 e. The molecule has 1 saturated carbocycles. The van der Waals surface area contributed by atoms with E-state index >= 15 is 0 Å². The van der Waals surface area contributed by atoms with Gasteiger partial charge in [0.2, 0.25) is 0 Å². The summed E-state index contributed by atoms with van der Waals surface area (Å²) in [6, 6.07) is 7.93. The fraction of sp³-hybridized carbons (Fsp3) is 0.273. The van der Waals surface area contributed by atoms with Crippen LogP contribution >= 0.6 is 0 Å². The Morgan fingerprint density at radius 1 is 1.10 bits per heavy atom. The summed E-state index contributed by atoms with van der Waals surface area (Å²) in [6.45, 7) is 0. The van der Waals surface area contributed by atoms with Gasteiger partial charge in [-0.05, 0) is 49.9 Å². The highest BCUT2D eigenvalue weighted by molar-refractivity contribution is 5.97. The van der Waals surface area contributed by atoms with Crippen LogP contribution in [0.5, 0.6) is 0 Å². The molecule has 1 aliphatic rings. The molecule has 5 rings (SSSR count). The fourth-order valence-electron chi connectivity index (χ4n) is 3.98. The predicted molar refractivity (Wildman–Crippen MR) is 108 cm³/mol. The SMILES string of the molecule is O=C(NC1CCC(n2cc(-c3cnccn3)cn2)CC1)c1ccc2occc2c1. The minimum atomic E-state index is -0.0272. The number of furan rings is 1. The number of nitrogens with zero attached hydrogens (tertiary/aromatic N) is 4. The van der Waals surface area contributed by atoms with Gasteiger partial charge in [-0.15, -0.1) is 0 Å². The Labute approximate surface area is 167 Å². The summed E-state index contributed by atoms with van der Waals surface area (Å²) >= 11 is 0. The highest BCUT2D eigenvalue weighted by Crippen LogP contribution is 2.29. The van der Waals surface area contributed by atoms with Gasteiger partial charge < -0.3 is 9.73 Å². The quantitative estimate of drug-likeness (QED) is 0.572. The number of aromatic nitrogens is 4. The summed E-state index contributed by atoms with van der Waals surface area (Å²) in [5, 5.41) is 8.65. The van der Waals surface area contributed by atoms with Crippen molar-refractivity contribution < 1.29 is 9.21 Å². The molecule has 1 aliphatic carbocycles. The highest BCUT2D eigenvalue weighted by atomic mass is 16.3. The molecule has 146 valence electrons. The summed E-state index contributed by atoms with van der Waals surface area (Å²) in [5.41, 5.74) is 3.27. The molecule has 0 atom stereocenters. The lowest BCUT2D eigenvalue weighted by Gasteiger charge is -2.29. The average molecular weight is 387 g/mol. The van der Waals surface area contributed by atoms with Crippen LogP contribution in [0.2, 0.25) is 0 Å². The Morgan fingerprint density at radius 3 is 2.83 bits per heavy atom. The van der Waals surface area contributed by atoms with Crippen LogP contribution in [-0.4, -0.2) is 31.7 Å². The van der Waals surface area contributed by atoms with Crippen molar-refractivity contribution in [3.05, 3.63) is 67.1 Å². The number of hydrogen-bond acceptors (Lipinski definition) is 5. The van der Waals surface area contributed by atoms with Crippen LogP contribution in [0.15, 0.2) is 65.9 Å². The molecule has 0 bridgehead atoms. The van der Waals surface area contributed by atoms with E-state index in [0.29, 0.717) is 11.6 Å². The Bertz CT molecular complexity index is 1130. The van der Waals surface area contributed by atoms with Crippen LogP contribution in [0, 0.1) is 0 Å². The summed E-state index contributed by atoms with van der Waals surface area (Å²) in [6.07, 6.45) is 14.4. The van der Waals surface area contributed by atoms with Gasteiger partial charge in [0.25, 0.3) is 5.91 Å². The third-order valence-corrected chi connectivity index (χ3v) is 5.58. The minimum absolute atomic E-state index is 0.0272. The third kappa shape index (κ3) is 3.63. The molecule has 0 spiro atoms. The lowest BCUT2D eigenvalue weighted by molar-refractivity contribution is 0.0922. The Morgan fingerprint density at radius 2 is 2.00 bits per heavy atom. The second-order valence-electron chi connectivity index (χ2n) is 7.45. The van der Waals surface area contributed by atoms with E-state index in [0.717, 1.165) is 47.9 Å². The van der Waals surface area contributed by atoms with Crippen LogP contribution < -0.4 is 5.32 Å². The van der Waals surface area contributed by atoms with Crippen molar-refractivity contribution in [1.29, 1.82) is 0 Å². The molecule has 0 radical (unpaired) electrons. The van der Waals surface area contributed by atoms with E-state index < -0.39 is 0 Å². The van der Waals surface area contributed by atoms with Crippen molar-refractivity contribution in [1.82, 2.24) is 25.1 Å². The first-order valence-electron chi connectivity index (χ1n) is 9.85. The number of carbonyl (C=O) groups is 1. The lowest BCUT2D eigenvalue weighted by atomic mass is 9.91. The van der Waals surface area contributed by atoms with E-state index in [1.54, 1.807) is 24.9 Å². The van der Waals surface area contributed by atoms with E-state index in [1.807, 2.05) is 41.3 Å². The first kappa shape index (κ1) is 17.6. The molecule has 0 aliphatic heterocycles. The second kappa shape index (κ2) is 7.50. The molecule has 7 nitrogen and oxygen atoms in total. The van der Waals surface area contributed by atoms with E-state index in [-0.39, 0.29) is 11.9 Å². The van der Waals surface area contributed by atoms with Crippen LogP contribution in [0.4, 0.5) is 0 Å². The number of benzene rings is 1. The first-order valence-corrected chi connectivity index (χ1v) is 9.85. The molecule has 1 fully saturated rings. The highest BCUT2D eigenvalue weighted by Gasteiger charge is 2.24. The van der Waals surface area contributed by atoms with E-state index in [4.69, 9.17) is 4.42 Å². The topological polar surface area (TPSA) is 85.8 Å². The maximum absolute atomic E-state index is 12.6. The molecule has 29 heavy (non-hydrogen) atoms. The Hall–Kier alpha value is -3.48. The average Bonchev–Trinajstić information content (AvgIpc) is 3.44. The zero-order chi connectivity index (χ0) is 19.6. The first-order chi connectivity index (χ1) is 14.3. The van der Waals surface area contributed by atoms with Crippen LogP contribution in [-0.2, 0) is 0 Å². The summed E-state index contributed by atoms with van der Waals surface area (Å²) < 4.78 is 7.36. The van der Waals surface area contributed by atoms with Gasteiger partial charge in [0.05, 0.1) is 30.4 Å². The van der Waals surface area contributed by atoms with Crippen molar-refractivity contribution >= 4 is 16.9 Å². The van der Waals surface area contributed by atoms with Gasteiger partial charge in [-0.2, -0.15) is 5.10 Å². The molecule has 1 amide bonds. The molecular formula is C22H21N5O2. The predicted octanol–water partition coefficient (Wildman–Crippen LogP) is 4.00. The van der Waals surface area contributed by atoms with Gasteiger partial charge in [-0.3, -0.25) is 19.4 Å². The zero-order valence-corrected chi connectivity index (χ0v) is 15.9. The normalized spacial score (nSPS) is 19.3. The fourth-order valence-corrected chi connectivity index (χ4v) is 3.98. The second-order valence-corrected chi connectivity index (χ2v) is 7.45. The molecule has 0 saturated heterocycles. The zero-order valence-electron chi connectivity index (χ0n) is 15.9. The van der Waals surface area contributed by atoms with E-state index in [1.165, 1.54) is 0 Å². The van der Waals surface area contributed by atoms with E-state index in [2.05, 4.69) is 20.4 Å². The molecule has 0 unspecified atom stereocenters. The number of fused-ring (bicyclic) bond motifs is 1. The standard InChI is InChI=1S/C22H21N5O2/c28-22(16-1-6-21-15(11-16)7-10-29-21)26-18-2-4-19(5-3-18)27-14-17(12-25-27)20-13-23-8-9-24-20/h1,6-14,18-19H,2-5H2,(H,26,28). The van der Waals surface area contributed by atoms with Crippen LogP contribution in [0.1, 0.15) is 42.1 Å². The van der Waals surface area contributed by atoms with Gasteiger partial charge in [0.1, 0.15) is 5.58 Å². The smallest absolute Gasteiger partial charge is 0.251 e. The van der Waals surface area contributed by atoms with Crippen molar-refractivity contribution in [2.24, 2.45) is 0 Å². The van der Waals surface area contributed by atoms with Crippen molar-refractivity contribution in [2.75, 3.05) is 0 Å². The molecule has 3 aromatic heterocycles. The Balaban J connectivity index is 1.19. The maximum Gasteiger partial charge on any atom is 0.251 e. The summed E-state index contributed by atoms with van der Waals surface area (Å²) in [7, 11) is 0. The number of amides is 1. The largest absolute Gasteiger partial charge is 0.464 e. The number of rotatable bonds is 4. The summed E-state index contributed by atoms with van der Waals surface area (Å²) in [5.74, 6) is -0.0272. The van der Waals surface area contributed by atoms with Crippen molar-refractivity contribution in [3.63, 3.8) is 0 Å². The van der Waals surface area contributed by atoms with E-state index in [9.17, 15) is 4.79 Å². The van der Waals surface area contributed by atoms with Gasteiger partial charge in [-0.1, -0.05) is 0 Å². The van der Waals surface area contributed by atoms with Crippen molar-refractivity contribution in [2.45, 2.75) is 37.8 Å². The molecular weight excluding hydrogens is 366 g/mol. The molecule has 7 heteroatoms. The Kier molecular flexibility index (Phi) is 4.56. The number of carbonyl (C=O) groups excluding carboxylic acids is 1. The lowest BCUT2D eigenvalue weighted by Crippen LogP contribution is -2.38. The molecule has 1 aromatic carbocycles. The van der Waals surface area contributed by atoms with Crippen LogP contribution in [0.3, 0.4) is 0 Å². The van der Waals surface area contributed by atoms with Crippen LogP contribution in [0.25, 0.3) is 22.2 Å². The number of hydrogen-bond donors (Lipinski definition) is 1. The maximum atomic E-state index is 12.6. The van der Waals surface area contributed by atoms with Gasteiger partial charge in [-0.25, -0.2) is 0 Å². The van der Waals surface area contributed by atoms with Gasteiger partial charge in [0, 0.05) is 41.1 Å². The van der Waals surface area contributed by atoms with Gasteiger partial charge in [0.15, 0.2) is 0 Å². The van der Waals surface area contributed by atoms with Gasteiger partial charge >= 0.3 is 0 Å². The monoisotopic (exact) mass is 387 g/mol.